The fraction of sp³-hybridized carbons (Fsp3) is 0.842. The average molecular weight is 373 g/mol. The van der Waals surface area contributed by atoms with Gasteiger partial charge in [0.2, 0.25) is 0 Å². The van der Waals surface area contributed by atoms with Gasteiger partial charge in [-0.1, -0.05) is 78.1 Å². The van der Waals surface area contributed by atoms with Crippen molar-refractivity contribution in [1.29, 1.82) is 0 Å². The van der Waals surface area contributed by atoms with E-state index >= 15 is 0 Å². The predicted molar refractivity (Wildman–Crippen MR) is 103 cm³/mol. The van der Waals surface area contributed by atoms with Crippen molar-refractivity contribution >= 4 is 17.0 Å². The molecule has 0 atom stereocenters. The maximum atomic E-state index is 4.48. The molecule has 0 N–H and O–H groups in total. The smallest absolute Gasteiger partial charge is 0.108 e. The predicted octanol–water partition coefficient (Wildman–Crippen LogP) is 6.72. The van der Waals surface area contributed by atoms with Crippen LogP contribution < -0.4 is 0 Å². The van der Waals surface area contributed by atoms with Gasteiger partial charge in [0.25, 0.3) is 0 Å². The topological polar surface area (TPSA) is 17.8 Å². The maximum absolute atomic E-state index is 4.48. The summed E-state index contributed by atoms with van der Waals surface area (Å²) >= 11 is 0. The number of hydrogen-bond donors (Lipinski definition) is 0. The zero-order valence-corrected chi connectivity index (χ0v) is 16.6. The molecule has 0 aliphatic heterocycles. The van der Waals surface area contributed by atoms with Crippen LogP contribution in [0.15, 0.2) is 12.4 Å². The lowest BCUT2D eigenvalue weighted by Gasteiger charge is -2.07. The number of rotatable bonds is 14. The van der Waals surface area contributed by atoms with Crippen molar-refractivity contribution in [1.82, 2.24) is 9.55 Å². The minimum atomic E-state index is 0. The summed E-state index contributed by atoms with van der Waals surface area (Å²) in [6.45, 7) is 5.69. The van der Waals surface area contributed by atoms with Gasteiger partial charge in [-0.3, -0.25) is 0 Å². The highest BCUT2D eigenvalue weighted by atomic mass is 79.9. The van der Waals surface area contributed by atoms with Crippen LogP contribution in [0.4, 0.5) is 0 Å². The van der Waals surface area contributed by atoms with Crippen LogP contribution in [0.25, 0.3) is 0 Å². The van der Waals surface area contributed by atoms with E-state index in [9.17, 15) is 0 Å². The highest BCUT2D eigenvalue weighted by molar-refractivity contribution is 8.93. The van der Waals surface area contributed by atoms with Gasteiger partial charge in [0.1, 0.15) is 5.82 Å². The van der Waals surface area contributed by atoms with Gasteiger partial charge in [0, 0.05) is 25.4 Å². The van der Waals surface area contributed by atoms with Crippen LogP contribution >= 0.6 is 17.0 Å². The summed E-state index contributed by atoms with van der Waals surface area (Å²) in [6.07, 6.45) is 21.8. The Bertz CT molecular complexity index is 336. The first-order valence-corrected chi connectivity index (χ1v) is 9.38. The zero-order chi connectivity index (χ0) is 15.2. The van der Waals surface area contributed by atoms with E-state index in [1.807, 2.05) is 6.20 Å². The fourth-order valence-electron chi connectivity index (χ4n) is 2.88. The Balaban J connectivity index is 0.00000441. The first kappa shape index (κ1) is 21.7. The Morgan fingerprint density at radius 2 is 1.32 bits per heavy atom. The zero-order valence-electron chi connectivity index (χ0n) is 14.9. The van der Waals surface area contributed by atoms with E-state index in [4.69, 9.17) is 0 Å². The third-order valence-corrected chi connectivity index (χ3v) is 4.31. The molecule has 22 heavy (non-hydrogen) atoms. The minimum Gasteiger partial charge on any atom is -0.335 e. The molecule has 2 nitrogen and oxygen atoms in total. The van der Waals surface area contributed by atoms with Crippen molar-refractivity contribution in [3.63, 3.8) is 0 Å². The van der Waals surface area contributed by atoms with E-state index in [0.29, 0.717) is 0 Å². The average Bonchev–Trinajstić information content (AvgIpc) is 2.94. The number of imidazole rings is 1. The largest absolute Gasteiger partial charge is 0.335 e. The maximum Gasteiger partial charge on any atom is 0.108 e. The van der Waals surface area contributed by atoms with E-state index in [-0.39, 0.29) is 17.0 Å². The number of unbranched alkanes of at least 4 members (excludes halogenated alkanes) is 10. The van der Waals surface area contributed by atoms with Gasteiger partial charge in [-0.2, -0.15) is 0 Å². The van der Waals surface area contributed by atoms with Crippen LogP contribution in [0.2, 0.25) is 0 Å². The summed E-state index contributed by atoms with van der Waals surface area (Å²) in [6, 6.07) is 0. The lowest BCUT2D eigenvalue weighted by atomic mass is 10.1. The number of nitrogens with zero attached hydrogens (tertiary/aromatic N) is 2. The van der Waals surface area contributed by atoms with Gasteiger partial charge in [0.15, 0.2) is 0 Å². The van der Waals surface area contributed by atoms with E-state index in [1.165, 1.54) is 82.9 Å². The third-order valence-electron chi connectivity index (χ3n) is 4.31. The van der Waals surface area contributed by atoms with Gasteiger partial charge < -0.3 is 4.57 Å². The molecule has 0 bridgehead atoms. The fourth-order valence-corrected chi connectivity index (χ4v) is 2.88. The van der Waals surface area contributed by atoms with Gasteiger partial charge in [-0.05, 0) is 12.8 Å². The van der Waals surface area contributed by atoms with Crippen molar-refractivity contribution in [2.75, 3.05) is 0 Å². The summed E-state index contributed by atoms with van der Waals surface area (Å²) in [5, 5.41) is 0. The van der Waals surface area contributed by atoms with Crippen LogP contribution in [0.3, 0.4) is 0 Å². The van der Waals surface area contributed by atoms with E-state index in [0.717, 1.165) is 13.0 Å². The molecular formula is C19H37BrN2. The Labute approximate surface area is 148 Å². The highest BCUT2D eigenvalue weighted by Crippen LogP contribution is 2.11. The lowest BCUT2D eigenvalue weighted by molar-refractivity contribution is 0.526. The van der Waals surface area contributed by atoms with Crippen LogP contribution in [0.5, 0.6) is 0 Å². The molecule has 0 saturated carbocycles. The number of hydrogen-bond acceptors (Lipinski definition) is 1. The number of aryl methyl sites for hydroxylation is 2. The van der Waals surface area contributed by atoms with Gasteiger partial charge >= 0.3 is 0 Å². The molecule has 1 rings (SSSR count). The molecule has 1 heterocycles. The van der Waals surface area contributed by atoms with Crippen molar-refractivity contribution in [3.05, 3.63) is 18.2 Å². The molecule has 0 radical (unpaired) electrons. The second-order valence-corrected chi connectivity index (χ2v) is 6.32. The standard InChI is InChI=1S/C19H36N2.BrH/c1-3-5-7-8-9-10-11-12-13-14-17-21-18-16-20-19(21)15-6-4-2;/h16,18H,3-15,17H2,1-2H3;1H. The monoisotopic (exact) mass is 372 g/mol. The third kappa shape index (κ3) is 10.4. The van der Waals surface area contributed by atoms with Crippen molar-refractivity contribution in [3.8, 4) is 0 Å². The molecule has 1 aromatic rings. The Kier molecular flexibility index (Phi) is 15.4. The molecule has 0 amide bonds. The molecule has 1 aromatic heterocycles. The molecule has 130 valence electrons. The first-order chi connectivity index (χ1) is 10.4. The summed E-state index contributed by atoms with van der Waals surface area (Å²) in [5.74, 6) is 1.28. The van der Waals surface area contributed by atoms with Gasteiger partial charge in [-0.15, -0.1) is 17.0 Å². The summed E-state index contributed by atoms with van der Waals surface area (Å²) < 4.78 is 2.36. The van der Waals surface area contributed by atoms with Crippen molar-refractivity contribution in [2.45, 2.75) is 104 Å². The van der Waals surface area contributed by atoms with E-state index < -0.39 is 0 Å². The molecule has 0 aromatic carbocycles. The van der Waals surface area contributed by atoms with Gasteiger partial charge in [0.05, 0.1) is 0 Å². The Hall–Kier alpha value is -0.310. The summed E-state index contributed by atoms with van der Waals surface area (Å²) in [4.78, 5) is 4.48. The SMILES string of the molecule is Br.CCCCCCCCCCCCn1ccnc1CCCC. The molecule has 0 spiro atoms. The quantitative estimate of drug-likeness (QED) is 0.331. The van der Waals surface area contributed by atoms with E-state index in [1.54, 1.807) is 0 Å². The first-order valence-electron chi connectivity index (χ1n) is 9.38. The Morgan fingerprint density at radius 3 is 1.91 bits per heavy atom. The van der Waals surface area contributed by atoms with Crippen molar-refractivity contribution in [2.24, 2.45) is 0 Å². The van der Waals surface area contributed by atoms with E-state index in [2.05, 4.69) is 29.6 Å². The molecule has 3 heteroatoms. The molecule has 0 saturated heterocycles. The highest BCUT2D eigenvalue weighted by Gasteiger charge is 2.01. The number of halogens is 1. The lowest BCUT2D eigenvalue weighted by Crippen LogP contribution is -2.03. The Morgan fingerprint density at radius 1 is 0.773 bits per heavy atom. The molecule has 0 unspecified atom stereocenters. The molecular weight excluding hydrogens is 336 g/mol. The second-order valence-electron chi connectivity index (χ2n) is 6.32. The van der Waals surface area contributed by atoms with Crippen LogP contribution in [0.1, 0.15) is 96.7 Å². The minimum absolute atomic E-state index is 0. The normalized spacial score (nSPS) is 10.6. The number of aromatic nitrogens is 2. The summed E-state index contributed by atoms with van der Waals surface area (Å²) in [5.41, 5.74) is 0. The summed E-state index contributed by atoms with van der Waals surface area (Å²) in [7, 11) is 0. The van der Waals surface area contributed by atoms with Crippen LogP contribution in [-0.4, -0.2) is 9.55 Å². The molecule has 0 fully saturated rings. The van der Waals surface area contributed by atoms with Crippen LogP contribution in [-0.2, 0) is 13.0 Å². The van der Waals surface area contributed by atoms with Crippen LogP contribution in [0, 0.1) is 0 Å². The molecule has 0 aliphatic carbocycles. The van der Waals surface area contributed by atoms with Gasteiger partial charge in [-0.25, -0.2) is 4.98 Å². The van der Waals surface area contributed by atoms with Crippen molar-refractivity contribution < 1.29 is 0 Å². The second kappa shape index (κ2) is 15.6. The molecule has 0 aliphatic rings.